The number of carbonyl (C=O) groups is 1. The minimum Gasteiger partial charge on any atom is -0.478 e. The molecule has 0 aliphatic carbocycles. The normalized spacial score (nSPS) is 10.0. The molecule has 0 saturated heterocycles. The summed E-state index contributed by atoms with van der Waals surface area (Å²) in [5.74, 6) is 0.768. The largest absolute Gasteiger partial charge is 0.478 e. The topological polar surface area (TPSA) is 76.1 Å². The van der Waals surface area contributed by atoms with Crippen LogP contribution in [0.15, 0.2) is 35.1 Å². The molecule has 0 aliphatic rings. The molecule has 2 rings (SSSR count). The van der Waals surface area contributed by atoms with Gasteiger partial charge in [0.2, 0.25) is 5.88 Å². The van der Waals surface area contributed by atoms with Crippen LogP contribution in [-0.2, 0) is 0 Å². The first-order valence-electron chi connectivity index (χ1n) is 6.37. The highest BCUT2D eigenvalue weighted by atomic mass is 79.9. The second kappa shape index (κ2) is 7.03. The monoisotopic (exact) mass is 350 g/mol. The van der Waals surface area contributed by atoms with Gasteiger partial charge in [-0.05, 0) is 35.0 Å². The Hall–Kier alpha value is -2.15. The summed E-state index contributed by atoms with van der Waals surface area (Å²) in [4.78, 5) is 20.5. The molecular formula is C14H15BrN4O2. The molecule has 0 fully saturated rings. The summed E-state index contributed by atoms with van der Waals surface area (Å²) in [7, 11) is 1.71. The molecule has 0 bridgehead atoms. The Kier molecular flexibility index (Phi) is 5.10. The van der Waals surface area contributed by atoms with Gasteiger partial charge < -0.3 is 15.4 Å². The van der Waals surface area contributed by atoms with Crippen LogP contribution in [0.3, 0.4) is 0 Å². The molecule has 2 aromatic heterocycles. The third-order valence-electron chi connectivity index (χ3n) is 2.62. The van der Waals surface area contributed by atoms with Crippen molar-refractivity contribution in [1.29, 1.82) is 0 Å². The van der Waals surface area contributed by atoms with Gasteiger partial charge >= 0.3 is 0 Å². The third kappa shape index (κ3) is 3.91. The molecule has 6 nitrogen and oxygen atoms in total. The van der Waals surface area contributed by atoms with Gasteiger partial charge in [0, 0.05) is 23.8 Å². The lowest BCUT2D eigenvalue weighted by Gasteiger charge is -2.09. The lowest BCUT2D eigenvalue weighted by atomic mass is 10.2. The van der Waals surface area contributed by atoms with Crippen molar-refractivity contribution in [2.45, 2.75) is 6.92 Å². The molecule has 0 spiro atoms. The van der Waals surface area contributed by atoms with Crippen molar-refractivity contribution in [3.63, 3.8) is 0 Å². The molecule has 0 saturated carbocycles. The van der Waals surface area contributed by atoms with Crippen molar-refractivity contribution in [3.05, 3.63) is 40.6 Å². The van der Waals surface area contributed by atoms with Crippen LogP contribution in [0.5, 0.6) is 5.88 Å². The van der Waals surface area contributed by atoms with Gasteiger partial charge in [-0.1, -0.05) is 0 Å². The first-order valence-corrected chi connectivity index (χ1v) is 7.17. The predicted molar refractivity (Wildman–Crippen MR) is 84.8 cm³/mol. The summed E-state index contributed by atoms with van der Waals surface area (Å²) in [6.45, 7) is 2.44. The Labute approximate surface area is 131 Å². The number of hydrogen-bond acceptors (Lipinski definition) is 5. The maximum absolute atomic E-state index is 12.3. The van der Waals surface area contributed by atoms with Crippen molar-refractivity contribution < 1.29 is 9.53 Å². The fourth-order valence-corrected chi connectivity index (χ4v) is 2.03. The number of aromatic nitrogens is 2. The minimum atomic E-state index is -0.265. The molecule has 0 aliphatic heterocycles. The highest BCUT2D eigenvalue weighted by molar-refractivity contribution is 9.10. The molecule has 110 valence electrons. The molecule has 2 N–H and O–H groups in total. The maximum atomic E-state index is 12.3. The maximum Gasteiger partial charge on any atom is 0.259 e. The lowest BCUT2D eigenvalue weighted by Crippen LogP contribution is -2.15. The summed E-state index contributed by atoms with van der Waals surface area (Å²) in [5.41, 5.74) is 1.03. The van der Waals surface area contributed by atoms with Crippen LogP contribution in [0.1, 0.15) is 17.3 Å². The number of hydrogen-bond donors (Lipinski definition) is 2. The predicted octanol–water partition coefficient (Wildman–Crippen LogP) is 2.93. The summed E-state index contributed by atoms with van der Waals surface area (Å²) in [6, 6.07) is 5.15. The molecule has 7 heteroatoms. The van der Waals surface area contributed by atoms with E-state index in [1.165, 1.54) is 0 Å². The third-order valence-corrected chi connectivity index (χ3v) is 3.06. The van der Waals surface area contributed by atoms with E-state index >= 15 is 0 Å². The zero-order valence-electron chi connectivity index (χ0n) is 11.7. The van der Waals surface area contributed by atoms with Crippen LogP contribution in [0.2, 0.25) is 0 Å². The van der Waals surface area contributed by atoms with Gasteiger partial charge in [-0.25, -0.2) is 9.97 Å². The van der Waals surface area contributed by atoms with E-state index in [-0.39, 0.29) is 5.91 Å². The van der Waals surface area contributed by atoms with E-state index < -0.39 is 0 Å². The van der Waals surface area contributed by atoms with Crippen LogP contribution in [0.25, 0.3) is 0 Å². The van der Waals surface area contributed by atoms with Gasteiger partial charge in [0.1, 0.15) is 5.82 Å². The fraction of sp³-hybridized carbons (Fsp3) is 0.214. The van der Waals surface area contributed by atoms with Gasteiger partial charge in [0.25, 0.3) is 5.91 Å². The number of rotatable bonds is 5. The van der Waals surface area contributed by atoms with Crippen LogP contribution in [0, 0.1) is 0 Å². The Morgan fingerprint density at radius 3 is 2.76 bits per heavy atom. The Bertz CT molecular complexity index is 631. The van der Waals surface area contributed by atoms with Gasteiger partial charge in [0.15, 0.2) is 0 Å². The van der Waals surface area contributed by atoms with Crippen molar-refractivity contribution in [2.75, 3.05) is 24.3 Å². The second-order valence-electron chi connectivity index (χ2n) is 4.07. The van der Waals surface area contributed by atoms with Crippen molar-refractivity contribution in [3.8, 4) is 5.88 Å². The molecule has 2 heterocycles. The number of ether oxygens (including phenoxy) is 1. The smallest absolute Gasteiger partial charge is 0.259 e. The first kappa shape index (κ1) is 15.2. The van der Waals surface area contributed by atoms with Crippen molar-refractivity contribution >= 4 is 33.3 Å². The SMILES string of the molecule is CCOc1ccc(NC(=O)c2cc(Br)cnc2NC)cn1. The highest BCUT2D eigenvalue weighted by Crippen LogP contribution is 2.19. The number of nitrogens with one attached hydrogen (secondary N) is 2. The van der Waals surface area contributed by atoms with E-state index in [1.54, 1.807) is 37.6 Å². The number of carbonyl (C=O) groups excluding carboxylic acids is 1. The molecule has 21 heavy (non-hydrogen) atoms. The van der Waals surface area contributed by atoms with Crippen LogP contribution < -0.4 is 15.4 Å². The van der Waals surface area contributed by atoms with Gasteiger partial charge in [0.05, 0.1) is 24.1 Å². The van der Waals surface area contributed by atoms with Crippen molar-refractivity contribution in [2.24, 2.45) is 0 Å². The summed E-state index contributed by atoms with van der Waals surface area (Å²) in [5, 5.41) is 5.66. The highest BCUT2D eigenvalue weighted by Gasteiger charge is 2.13. The van der Waals surface area contributed by atoms with Crippen LogP contribution >= 0.6 is 15.9 Å². The average molecular weight is 351 g/mol. The zero-order chi connectivity index (χ0) is 15.2. The van der Waals surface area contributed by atoms with E-state index in [2.05, 4.69) is 36.5 Å². The van der Waals surface area contributed by atoms with E-state index in [0.29, 0.717) is 29.6 Å². The van der Waals surface area contributed by atoms with Crippen molar-refractivity contribution in [1.82, 2.24) is 9.97 Å². The molecule has 0 atom stereocenters. The standard InChI is InChI=1S/C14H15BrN4O2/c1-3-21-12-5-4-10(8-17-12)19-14(20)11-6-9(15)7-18-13(11)16-2/h4-8H,3H2,1-2H3,(H,16,18)(H,19,20). The molecule has 0 radical (unpaired) electrons. The lowest BCUT2D eigenvalue weighted by molar-refractivity contribution is 0.102. The van der Waals surface area contributed by atoms with E-state index in [1.807, 2.05) is 6.92 Å². The number of anilines is 2. The number of nitrogens with zero attached hydrogens (tertiary/aromatic N) is 2. The Balaban J connectivity index is 2.15. The quantitative estimate of drug-likeness (QED) is 0.866. The van der Waals surface area contributed by atoms with Gasteiger partial charge in [-0.3, -0.25) is 4.79 Å². The summed E-state index contributed by atoms with van der Waals surface area (Å²) in [6.07, 6.45) is 3.18. The molecule has 0 aromatic carbocycles. The minimum absolute atomic E-state index is 0.265. The van der Waals surface area contributed by atoms with Gasteiger partial charge in [-0.2, -0.15) is 0 Å². The second-order valence-corrected chi connectivity index (χ2v) is 4.99. The number of amides is 1. The molecule has 1 amide bonds. The zero-order valence-corrected chi connectivity index (χ0v) is 13.3. The van der Waals surface area contributed by atoms with Crippen LogP contribution in [-0.4, -0.2) is 29.5 Å². The van der Waals surface area contributed by atoms with Gasteiger partial charge in [-0.15, -0.1) is 0 Å². The number of halogens is 1. The summed E-state index contributed by atoms with van der Waals surface area (Å²) >= 11 is 3.31. The first-order chi connectivity index (χ1) is 10.1. The van der Waals surface area contributed by atoms with E-state index in [9.17, 15) is 4.79 Å². The molecular weight excluding hydrogens is 336 g/mol. The molecule has 2 aromatic rings. The summed E-state index contributed by atoms with van der Waals surface area (Å²) < 4.78 is 5.99. The average Bonchev–Trinajstić information content (AvgIpc) is 2.49. The molecule has 0 unspecified atom stereocenters. The van der Waals surface area contributed by atoms with Crippen LogP contribution in [0.4, 0.5) is 11.5 Å². The van der Waals surface area contributed by atoms with E-state index in [4.69, 9.17) is 4.74 Å². The Morgan fingerprint density at radius 1 is 1.33 bits per heavy atom. The fourth-order valence-electron chi connectivity index (χ4n) is 1.70. The van der Waals surface area contributed by atoms with E-state index in [0.717, 1.165) is 4.47 Å². The number of pyridine rings is 2. The Morgan fingerprint density at radius 2 is 2.14 bits per heavy atom.